The van der Waals surface area contributed by atoms with Gasteiger partial charge in [0.2, 0.25) is 0 Å². The molecule has 0 radical (unpaired) electrons. The maximum atomic E-state index is 4.33. The van der Waals surface area contributed by atoms with Crippen molar-refractivity contribution in [3.63, 3.8) is 0 Å². The second-order valence-electron chi connectivity index (χ2n) is 20.3. The molecule has 0 aliphatic heterocycles. The van der Waals surface area contributed by atoms with Crippen LogP contribution in [0, 0.1) is 0 Å². The standard InChI is InChI=1S/C72H55N3/c1-3-5-17-54-44-55-18-9-10-22-59(55)65-45-52(33-40-60(54)65)49-29-36-56(37-30-49)73(43-16-19-48(4-2)51-34-42-71-67(46-51)64-26-15-25-63-61-23-11-14-28-69(61)75(71)72(63)64)57-38-31-50(32-39-57)53-35-41-70-66(47-53)62-24-12-13-27-68(62)74(70)58-20-7-6-8-21-58/h3-29,31-36,38,40-44,46-47,57,65H,1-2,30,37,39,45H2. The Hall–Kier alpha value is -9.18. The molecule has 3 heterocycles. The summed E-state index contributed by atoms with van der Waals surface area (Å²) in [5, 5.41) is 7.68. The van der Waals surface area contributed by atoms with Gasteiger partial charge < -0.3 is 13.9 Å². The van der Waals surface area contributed by atoms with E-state index >= 15 is 0 Å². The predicted octanol–water partition coefficient (Wildman–Crippen LogP) is 18.5. The van der Waals surface area contributed by atoms with Crippen molar-refractivity contribution in [1.29, 1.82) is 0 Å². The van der Waals surface area contributed by atoms with E-state index in [0.717, 1.165) is 36.8 Å². The van der Waals surface area contributed by atoms with E-state index < -0.39 is 0 Å². The van der Waals surface area contributed by atoms with Gasteiger partial charge in [-0.3, -0.25) is 0 Å². The van der Waals surface area contributed by atoms with Crippen LogP contribution in [-0.4, -0.2) is 19.9 Å². The Morgan fingerprint density at radius 3 is 2.15 bits per heavy atom. The highest BCUT2D eigenvalue weighted by atomic mass is 15.1. The number of hydrogen-bond acceptors (Lipinski definition) is 1. The third-order valence-electron chi connectivity index (χ3n) is 16.3. The van der Waals surface area contributed by atoms with Crippen molar-refractivity contribution in [3.05, 3.63) is 306 Å². The largest absolute Gasteiger partial charge is 0.344 e. The van der Waals surface area contributed by atoms with Crippen LogP contribution >= 0.6 is 0 Å². The predicted molar refractivity (Wildman–Crippen MR) is 319 cm³/mol. The molecule has 0 fully saturated rings. The fourth-order valence-electron chi connectivity index (χ4n) is 12.7. The minimum Gasteiger partial charge on any atom is -0.344 e. The molecule has 0 saturated carbocycles. The average Bonchev–Trinajstić information content (AvgIpc) is 4.17. The Morgan fingerprint density at radius 2 is 1.33 bits per heavy atom. The number of para-hydroxylation sites is 4. The minimum atomic E-state index is 0.146. The maximum Gasteiger partial charge on any atom is 0.0620 e. The van der Waals surface area contributed by atoms with Crippen LogP contribution in [0.5, 0.6) is 0 Å². The van der Waals surface area contributed by atoms with Crippen LogP contribution < -0.4 is 0 Å². The quantitative estimate of drug-likeness (QED) is 0.118. The molecule has 7 aromatic carbocycles. The topological polar surface area (TPSA) is 12.6 Å². The molecule has 3 nitrogen and oxygen atoms in total. The molecule has 4 aliphatic carbocycles. The monoisotopic (exact) mass is 961 g/mol. The molecular formula is C72H55N3. The van der Waals surface area contributed by atoms with Gasteiger partial charge in [-0.25, -0.2) is 0 Å². The summed E-state index contributed by atoms with van der Waals surface area (Å²) in [5.41, 5.74) is 21.7. The van der Waals surface area contributed by atoms with Crippen LogP contribution in [-0.2, 0) is 0 Å². The van der Waals surface area contributed by atoms with Crippen molar-refractivity contribution in [2.75, 3.05) is 0 Å². The molecule has 0 saturated heterocycles. The van der Waals surface area contributed by atoms with Crippen LogP contribution in [0.3, 0.4) is 0 Å². The first-order valence-electron chi connectivity index (χ1n) is 26.5. The SMILES string of the molecule is C=CC=CC1=Cc2ccccc2C2CC(C3=CC=C(N(C=CC=C(C=C)c4ccc5c(c4)c4cccc6c7ccccc7n5c64)C4C=CC(c5ccc6c(c5)c5ccccc5n6-c5ccccc5)=CC4)CC3)=CC=C12. The normalized spacial score (nSPS) is 17.9. The lowest BCUT2D eigenvalue weighted by molar-refractivity contribution is 0.378. The van der Waals surface area contributed by atoms with E-state index in [1.807, 2.05) is 12.2 Å². The highest BCUT2D eigenvalue weighted by molar-refractivity contribution is 6.23. The smallest absolute Gasteiger partial charge is 0.0620 e. The molecule has 0 N–H and O–H groups in total. The summed E-state index contributed by atoms with van der Waals surface area (Å²) in [5.74, 6) is 0.328. The molecular weight excluding hydrogens is 907 g/mol. The average molecular weight is 962 g/mol. The van der Waals surface area contributed by atoms with Gasteiger partial charge in [-0.15, -0.1) is 0 Å². The van der Waals surface area contributed by atoms with Gasteiger partial charge in [0.25, 0.3) is 0 Å². The summed E-state index contributed by atoms with van der Waals surface area (Å²) in [6.45, 7) is 8.28. The van der Waals surface area contributed by atoms with E-state index in [1.165, 1.54) is 116 Å². The molecule has 0 bridgehead atoms. The lowest BCUT2D eigenvalue weighted by atomic mass is 9.72. The van der Waals surface area contributed by atoms with Crippen LogP contribution in [0.15, 0.2) is 284 Å². The highest BCUT2D eigenvalue weighted by Crippen LogP contribution is 2.47. The summed E-state index contributed by atoms with van der Waals surface area (Å²) >= 11 is 0. The van der Waals surface area contributed by atoms with Crippen molar-refractivity contribution in [3.8, 4) is 5.69 Å². The summed E-state index contributed by atoms with van der Waals surface area (Å²) in [6.07, 6.45) is 37.8. The Kier molecular flexibility index (Phi) is 10.9. The zero-order valence-corrected chi connectivity index (χ0v) is 41.9. The van der Waals surface area contributed by atoms with Gasteiger partial charge in [0.05, 0.1) is 33.6 Å². The number of benzene rings is 7. The Morgan fingerprint density at radius 1 is 0.613 bits per heavy atom. The lowest BCUT2D eigenvalue weighted by Crippen LogP contribution is -2.30. The van der Waals surface area contributed by atoms with Gasteiger partial charge in [-0.2, -0.15) is 0 Å². The fraction of sp³-hybridized carbons (Fsp3) is 0.0833. The van der Waals surface area contributed by atoms with E-state index in [1.54, 1.807) is 0 Å². The van der Waals surface area contributed by atoms with E-state index in [4.69, 9.17) is 0 Å². The molecule has 3 aromatic heterocycles. The van der Waals surface area contributed by atoms with Gasteiger partial charge in [-0.1, -0.05) is 189 Å². The zero-order valence-electron chi connectivity index (χ0n) is 41.9. The van der Waals surface area contributed by atoms with Crippen LogP contribution in [0.2, 0.25) is 0 Å². The van der Waals surface area contributed by atoms with E-state index in [9.17, 15) is 0 Å². The number of hydrogen-bond donors (Lipinski definition) is 0. The number of aromatic nitrogens is 2. The number of nitrogens with zero attached hydrogens (tertiary/aromatic N) is 3. The summed E-state index contributed by atoms with van der Waals surface area (Å²) in [6, 6.07) is 57.9. The molecule has 3 heteroatoms. The Balaban J connectivity index is 0.800. The summed E-state index contributed by atoms with van der Waals surface area (Å²) in [4.78, 5) is 2.51. The van der Waals surface area contributed by atoms with Crippen LogP contribution in [0.1, 0.15) is 53.9 Å². The van der Waals surface area contributed by atoms with E-state index in [2.05, 4.69) is 264 Å². The fourth-order valence-corrected chi connectivity index (χ4v) is 12.7. The minimum absolute atomic E-state index is 0.146. The molecule has 10 aromatic rings. The first-order chi connectivity index (χ1) is 37.1. The van der Waals surface area contributed by atoms with Gasteiger partial charge in [0.1, 0.15) is 0 Å². The molecule has 2 unspecified atom stereocenters. The molecule has 14 rings (SSSR count). The van der Waals surface area contributed by atoms with E-state index in [-0.39, 0.29) is 6.04 Å². The van der Waals surface area contributed by atoms with Gasteiger partial charge in [-0.05, 0) is 148 Å². The zero-order chi connectivity index (χ0) is 50.0. The number of fused-ring (bicyclic) bond motifs is 12. The molecule has 2 atom stereocenters. The number of allylic oxidation sites excluding steroid dienone is 18. The molecule has 358 valence electrons. The third kappa shape index (κ3) is 7.49. The lowest BCUT2D eigenvalue weighted by Gasteiger charge is -2.35. The van der Waals surface area contributed by atoms with Crippen molar-refractivity contribution in [1.82, 2.24) is 13.9 Å². The number of rotatable bonds is 11. The first kappa shape index (κ1) is 44.5. The highest BCUT2D eigenvalue weighted by Gasteiger charge is 2.30. The second kappa shape index (κ2) is 18.4. The van der Waals surface area contributed by atoms with Crippen LogP contribution in [0.25, 0.3) is 82.8 Å². The molecule has 4 aliphatic rings. The third-order valence-corrected chi connectivity index (χ3v) is 16.3. The molecule has 0 spiro atoms. The van der Waals surface area contributed by atoms with Crippen molar-refractivity contribution in [2.45, 2.75) is 37.6 Å². The van der Waals surface area contributed by atoms with Crippen molar-refractivity contribution in [2.24, 2.45) is 0 Å². The van der Waals surface area contributed by atoms with Gasteiger partial charge in [0.15, 0.2) is 0 Å². The summed E-state index contributed by atoms with van der Waals surface area (Å²) < 4.78 is 4.83. The van der Waals surface area contributed by atoms with E-state index in [0.29, 0.717) is 5.92 Å². The summed E-state index contributed by atoms with van der Waals surface area (Å²) in [7, 11) is 0. The van der Waals surface area contributed by atoms with Crippen molar-refractivity contribution < 1.29 is 0 Å². The van der Waals surface area contributed by atoms with Gasteiger partial charge >= 0.3 is 0 Å². The molecule has 0 amide bonds. The van der Waals surface area contributed by atoms with Crippen LogP contribution in [0.4, 0.5) is 0 Å². The van der Waals surface area contributed by atoms with Crippen molar-refractivity contribution >= 4 is 77.1 Å². The Bertz CT molecular complexity index is 4330. The Labute approximate surface area is 438 Å². The van der Waals surface area contributed by atoms with Gasteiger partial charge in [0, 0.05) is 55.8 Å². The second-order valence-corrected chi connectivity index (χ2v) is 20.3. The first-order valence-corrected chi connectivity index (χ1v) is 26.5. The maximum absolute atomic E-state index is 4.33. The molecule has 75 heavy (non-hydrogen) atoms.